The minimum Gasteiger partial charge on any atom is -0.480 e. The molecule has 0 radical (unpaired) electrons. The summed E-state index contributed by atoms with van der Waals surface area (Å²) in [5.74, 6) is 1.18. The van der Waals surface area contributed by atoms with Gasteiger partial charge in [0, 0.05) is 32.2 Å². The molecule has 1 N–H and O–H groups in total. The van der Waals surface area contributed by atoms with Crippen molar-refractivity contribution < 1.29 is 23.9 Å². The maximum absolute atomic E-state index is 12.5. The van der Waals surface area contributed by atoms with E-state index in [2.05, 4.69) is 11.0 Å². The number of amides is 1. The number of carbonyl (C=O) groups is 1. The van der Waals surface area contributed by atoms with Crippen LogP contribution in [0.25, 0.3) is 0 Å². The van der Waals surface area contributed by atoms with Crippen molar-refractivity contribution in [3.63, 3.8) is 0 Å². The van der Waals surface area contributed by atoms with Crippen molar-refractivity contribution in [2.75, 3.05) is 39.8 Å². The first kappa shape index (κ1) is 20.2. The lowest BCUT2D eigenvalue weighted by Crippen LogP contribution is -2.48. The maximum atomic E-state index is 12.5. The second-order valence-electron chi connectivity index (χ2n) is 7.37. The van der Waals surface area contributed by atoms with E-state index < -0.39 is 7.12 Å². The molecule has 2 aromatic carbocycles. The molecule has 1 fully saturated rings. The average Bonchev–Trinajstić information content (AvgIpc) is 3.13. The third-order valence-corrected chi connectivity index (χ3v) is 5.28. The zero-order valence-corrected chi connectivity index (χ0v) is 16.7. The molecule has 8 nitrogen and oxygen atoms in total. The number of piperazine rings is 1. The Labute approximate surface area is 175 Å². The monoisotopic (exact) mass is 407 g/mol. The van der Waals surface area contributed by atoms with E-state index in [1.165, 1.54) is 0 Å². The molecule has 1 amide bonds. The van der Waals surface area contributed by atoms with Crippen LogP contribution < -0.4 is 14.9 Å². The molecule has 2 aromatic rings. The normalized spacial score (nSPS) is 16.2. The summed E-state index contributed by atoms with van der Waals surface area (Å²) in [6.45, 7) is 3.19. The molecule has 0 atom stereocenters. The van der Waals surface area contributed by atoms with Crippen LogP contribution >= 0.6 is 0 Å². The van der Waals surface area contributed by atoms with Crippen molar-refractivity contribution in [2.45, 2.75) is 6.61 Å². The first-order valence-corrected chi connectivity index (χ1v) is 9.77. The van der Waals surface area contributed by atoms with Gasteiger partial charge in [-0.2, -0.15) is 5.26 Å². The smallest absolute Gasteiger partial charge is 0.480 e. The van der Waals surface area contributed by atoms with Crippen molar-refractivity contribution in [3.8, 4) is 23.3 Å². The van der Waals surface area contributed by atoms with Crippen molar-refractivity contribution in [1.29, 1.82) is 5.26 Å². The van der Waals surface area contributed by atoms with Crippen LogP contribution in [0.1, 0.15) is 11.1 Å². The fourth-order valence-electron chi connectivity index (χ4n) is 3.46. The van der Waals surface area contributed by atoms with Crippen LogP contribution in [0.3, 0.4) is 0 Å². The lowest BCUT2D eigenvalue weighted by Gasteiger charge is -2.32. The van der Waals surface area contributed by atoms with Gasteiger partial charge in [-0.1, -0.05) is 6.07 Å². The van der Waals surface area contributed by atoms with Gasteiger partial charge >= 0.3 is 7.12 Å². The lowest BCUT2D eigenvalue weighted by molar-refractivity contribution is -0.134. The van der Waals surface area contributed by atoms with E-state index >= 15 is 0 Å². The SMILES string of the molecule is CN1CCN(C(=O)COc2cc(C#N)ccc2Oc2ccc3c(c2)COB3O)CC1. The van der Waals surface area contributed by atoms with Crippen LogP contribution in [0.2, 0.25) is 0 Å². The van der Waals surface area contributed by atoms with E-state index in [1.807, 2.05) is 7.05 Å². The molecule has 2 aliphatic heterocycles. The molecular weight excluding hydrogens is 385 g/mol. The Morgan fingerprint density at radius 3 is 2.77 bits per heavy atom. The van der Waals surface area contributed by atoms with Gasteiger partial charge in [-0.15, -0.1) is 0 Å². The Hall–Kier alpha value is -3.06. The average molecular weight is 407 g/mol. The number of nitrogens with zero attached hydrogens (tertiary/aromatic N) is 3. The van der Waals surface area contributed by atoms with Gasteiger partial charge in [-0.3, -0.25) is 4.79 Å². The van der Waals surface area contributed by atoms with Crippen molar-refractivity contribution in [1.82, 2.24) is 9.80 Å². The zero-order valence-electron chi connectivity index (χ0n) is 16.7. The molecule has 0 aromatic heterocycles. The highest BCUT2D eigenvalue weighted by Crippen LogP contribution is 2.33. The van der Waals surface area contributed by atoms with Crippen molar-refractivity contribution in [3.05, 3.63) is 47.5 Å². The molecule has 154 valence electrons. The largest absolute Gasteiger partial charge is 0.491 e. The van der Waals surface area contributed by atoms with Crippen LogP contribution in [0.5, 0.6) is 17.2 Å². The standard InChI is InChI=1S/C21H22BN3O5/c1-24-6-8-25(9-7-24)21(26)14-28-20-10-15(12-23)2-5-19(20)30-17-3-4-18-16(11-17)13-29-22(18)27/h2-5,10-11,27H,6-9,13-14H2,1H3. The molecule has 0 unspecified atom stereocenters. The Morgan fingerprint density at radius 1 is 1.20 bits per heavy atom. The van der Waals surface area contributed by atoms with E-state index in [0.29, 0.717) is 42.5 Å². The van der Waals surface area contributed by atoms with Gasteiger partial charge < -0.3 is 29.0 Å². The lowest BCUT2D eigenvalue weighted by atomic mass is 9.80. The molecular formula is C21H22BN3O5. The molecule has 2 aliphatic rings. The summed E-state index contributed by atoms with van der Waals surface area (Å²) in [7, 11) is 1.12. The molecule has 0 aliphatic carbocycles. The number of rotatable bonds is 5. The number of benzene rings is 2. The summed E-state index contributed by atoms with van der Waals surface area (Å²) in [6, 6.07) is 12.2. The molecule has 30 heavy (non-hydrogen) atoms. The van der Waals surface area contributed by atoms with Gasteiger partial charge in [0.1, 0.15) is 5.75 Å². The molecule has 1 saturated heterocycles. The van der Waals surface area contributed by atoms with E-state index in [-0.39, 0.29) is 12.5 Å². The summed E-state index contributed by atoms with van der Waals surface area (Å²) in [6.07, 6.45) is 0. The van der Waals surface area contributed by atoms with Crippen molar-refractivity contribution >= 4 is 18.5 Å². The maximum Gasteiger partial charge on any atom is 0.491 e. The predicted molar refractivity (Wildman–Crippen MR) is 110 cm³/mol. The van der Waals surface area contributed by atoms with Gasteiger partial charge in [0.25, 0.3) is 5.91 Å². The Bertz CT molecular complexity index is 985. The highest BCUT2D eigenvalue weighted by atomic mass is 16.5. The molecule has 9 heteroatoms. The minimum atomic E-state index is -0.913. The number of likely N-dealkylation sites (N-methyl/N-ethyl adjacent to an activating group) is 1. The summed E-state index contributed by atoms with van der Waals surface area (Å²) >= 11 is 0. The van der Waals surface area contributed by atoms with E-state index in [4.69, 9.17) is 14.1 Å². The summed E-state index contributed by atoms with van der Waals surface area (Å²) in [4.78, 5) is 16.5. The van der Waals surface area contributed by atoms with E-state index in [1.54, 1.807) is 41.3 Å². The van der Waals surface area contributed by atoms with E-state index in [0.717, 1.165) is 24.1 Å². The van der Waals surface area contributed by atoms with Gasteiger partial charge in [0.15, 0.2) is 18.1 Å². The van der Waals surface area contributed by atoms with Gasteiger partial charge in [-0.05, 0) is 42.3 Å². The number of nitriles is 1. The third kappa shape index (κ3) is 4.41. The second kappa shape index (κ2) is 8.75. The Kier molecular flexibility index (Phi) is 5.90. The fraction of sp³-hybridized carbons (Fsp3) is 0.333. The van der Waals surface area contributed by atoms with Crippen LogP contribution in [0.15, 0.2) is 36.4 Å². The number of hydrogen-bond acceptors (Lipinski definition) is 7. The van der Waals surface area contributed by atoms with E-state index in [9.17, 15) is 15.1 Å². The minimum absolute atomic E-state index is 0.0972. The highest BCUT2D eigenvalue weighted by Gasteiger charge is 2.27. The second-order valence-corrected chi connectivity index (χ2v) is 7.37. The third-order valence-electron chi connectivity index (χ3n) is 5.28. The quantitative estimate of drug-likeness (QED) is 0.730. The zero-order chi connectivity index (χ0) is 21.1. The van der Waals surface area contributed by atoms with Crippen molar-refractivity contribution in [2.24, 2.45) is 0 Å². The number of fused-ring (bicyclic) bond motifs is 1. The number of carbonyl (C=O) groups excluding carboxylic acids is 1. The fourth-order valence-corrected chi connectivity index (χ4v) is 3.46. The predicted octanol–water partition coefficient (Wildman–Crippen LogP) is 0.721. The van der Waals surface area contributed by atoms with Crippen LogP contribution in [0.4, 0.5) is 0 Å². The van der Waals surface area contributed by atoms with Gasteiger partial charge in [0.05, 0.1) is 18.2 Å². The van der Waals surface area contributed by atoms with Crippen LogP contribution in [-0.4, -0.2) is 67.7 Å². The Morgan fingerprint density at radius 2 is 2.00 bits per heavy atom. The summed E-state index contributed by atoms with van der Waals surface area (Å²) in [5, 5.41) is 19.0. The summed E-state index contributed by atoms with van der Waals surface area (Å²) in [5.41, 5.74) is 1.98. The Balaban J connectivity index is 1.47. The van der Waals surface area contributed by atoms with Gasteiger partial charge in [-0.25, -0.2) is 0 Å². The molecule has 2 heterocycles. The first-order chi connectivity index (χ1) is 14.5. The number of hydrogen-bond donors (Lipinski definition) is 1. The number of ether oxygens (including phenoxy) is 2. The van der Waals surface area contributed by atoms with Crippen LogP contribution in [-0.2, 0) is 16.1 Å². The molecule has 4 rings (SSSR count). The first-order valence-electron chi connectivity index (χ1n) is 9.77. The van der Waals surface area contributed by atoms with Gasteiger partial charge in [0.2, 0.25) is 0 Å². The summed E-state index contributed by atoms with van der Waals surface area (Å²) < 4.78 is 16.9. The topological polar surface area (TPSA) is 95.3 Å². The highest BCUT2D eigenvalue weighted by molar-refractivity contribution is 6.61. The molecule has 0 bridgehead atoms. The molecule has 0 saturated carbocycles. The molecule has 0 spiro atoms. The van der Waals surface area contributed by atoms with Crippen LogP contribution in [0, 0.1) is 11.3 Å².